The van der Waals surface area contributed by atoms with Crippen LogP contribution in [-0.2, 0) is 17.5 Å². The molecule has 3 rings (SSSR count). The minimum Gasteiger partial charge on any atom is -0.369 e. The lowest BCUT2D eigenvalue weighted by molar-refractivity contribution is -0.137. The van der Waals surface area contributed by atoms with Gasteiger partial charge in [0.05, 0.1) is 17.0 Å². The third-order valence-corrected chi connectivity index (χ3v) is 6.36. The summed E-state index contributed by atoms with van der Waals surface area (Å²) in [4.78, 5) is 29.2. The number of anilines is 1. The van der Waals surface area contributed by atoms with Crippen LogP contribution in [0.15, 0.2) is 36.4 Å². The van der Waals surface area contributed by atoms with Crippen molar-refractivity contribution < 1.29 is 22.8 Å². The molecule has 1 amide bonds. The number of piperazine rings is 1. The predicted molar refractivity (Wildman–Crippen MR) is 116 cm³/mol. The number of hydrogen-bond acceptors (Lipinski definition) is 5. The van der Waals surface area contributed by atoms with Crippen LogP contribution >= 0.6 is 11.3 Å². The Balaban J connectivity index is 1.41. The summed E-state index contributed by atoms with van der Waals surface area (Å²) < 4.78 is 38.8. The number of ketones is 1. The molecule has 2 heterocycles. The molecule has 9 heteroatoms. The number of hydrogen-bond donors (Lipinski definition) is 1. The van der Waals surface area contributed by atoms with Crippen LogP contribution in [0.1, 0.15) is 39.9 Å². The Kier molecular flexibility index (Phi) is 7.72. The monoisotopic (exact) mass is 453 g/mol. The highest BCUT2D eigenvalue weighted by Crippen LogP contribution is 2.31. The molecule has 31 heavy (non-hydrogen) atoms. The highest BCUT2D eigenvalue weighted by Gasteiger charge is 2.31. The summed E-state index contributed by atoms with van der Waals surface area (Å²) in [6, 6.07) is 9.12. The molecule has 1 aromatic carbocycles. The van der Waals surface area contributed by atoms with Gasteiger partial charge in [-0.2, -0.15) is 13.2 Å². The fourth-order valence-electron chi connectivity index (χ4n) is 3.53. The van der Waals surface area contributed by atoms with Crippen molar-refractivity contribution in [1.29, 1.82) is 0 Å². The number of thiophene rings is 1. The summed E-state index contributed by atoms with van der Waals surface area (Å²) >= 11 is 1.41. The second-order valence-electron chi connectivity index (χ2n) is 7.58. The van der Waals surface area contributed by atoms with Crippen molar-refractivity contribution in [1.82, 2.24) is 10.2 Å². The van der Waals surface area contributed by atoms with Crippen molar-refractivity contribution in [2.24, 2.45) is 0 Å². The summed E-state index contributed by atoms with van der Waals surface area (Å²) in [5, 5.41) is 2.72. The molecule has 1 aromatic heterocycles. The van der Waals surface area contributed by atoms with E-state index in [1.54, 1.807) is 12.1 Å². The zero-order valence-corrected chi connectivity index (χ0v) is 18.2. The van der Waals surface area contributed by atoms with E-state index in [4.69, 9.17) is 0 Å². The van der Waals surface area contributed by atoms with E-state index in [0.717, 1.165) is 37.0 Å². The molecule has 0 atom stereocenters. The molecule has 1 N–H and O–H groups in total. The number of alkyl halides is 3. The van der Waals surface area contributed by atoms with Crippen molar-refractivity contribution in [3.05, 3.63) is 51.7 Å². The first kappa shape index (κ1) is 23.3. The highest BCUT2D eigenvalue weighted by molar-refractivity contribution is 7.14. The molecule has 1 fully saturated rings. The molecular weight excluding hydrogens is 427 g/mol. The average Bonchev–Trinajstić information content (AvgIpc) is 3.21. The fraction of sp³-hybridized carbons (Fsp3) is 0.455. The van der Waals surface area contributed by atoms with Gasteiger partial charge in [0, 0.05) is 50.1 Å². The van der Waals surface area contributed by atoms with E-state index in [9.17, 15) is 22.8 Å². The summed E-state index contributed by atoms with van der Waals surface area (Å²) in [6.45, 7) is 5.50. The summed E-state index contributed by atoms with van der Waals surface area (Å²) in [5.41, 5.74) is -0.0304. The van der Waals surface area contributed by atoms with Gasteiger partial charge in [0.15, 0.2) is 5.78 Å². The van der Waals surface area contributed by atoms with Gasteiger partial charge in [-0.05, 0) is 43.3 Å². The molecule has 0 radical (unpaired) electrons. The molecule has 0 bridgehead atoms. The topological polar surface area (TPSA) is 52.7 Å². The van der Waals surface area contributed by atoms with E-state index in [1.807, 2.05) is 11.0 Å². The molecule has 0 spiro atoms. The minimum absolute atomic E-state index is 0.0988. The van der Waals surface area contributed by atoms with Crippen LogP contribution < -0.4 is 10.2 Å². The first-order chi connectivity index (χ1) is 14.7. The van der Waals surface area contributed by atoms with E-state index < -0.39 is 11.7 Å². The molecule has 0 saturated carbocycles. The number of nitrogens with one attached hydrogen (secondary N) is 1. The van der Waals surface area contributed by atoms with Crippen LogP contribution in [-0.4, -0.2) is 49.3 Å². The van der Waals surface area contributed by atoms with Gasteiger partial charge in [0.2, 0.25) is 5.91 Å². The molecule has 0 unspecified atom stereocenters. The summed E-state index contributed by atoms with van der Waals surface area (Å²) in [7, 11) is 0. The maximum absolute atomic E-state index is 12.9. The van der Waals surface area contributed by atoms with Crippen LogP contribution in [0.2, 0.25) is 0 Å². The van der Waals surface area contributed by atoms with Gasteiger partial charge >= 0.3 is 6.18 Å². The van der Waals surface area contributed by atoms with Gasteiger partial charge < -0.3 is 10.2 Å². The molecule has 5 nitrogen and oxygen atoms in total. The molecule has 1 aliphatic rings. The third-order valence-electron chi connectivity index (χ3n) is 5.24. The average molecular weight is 454 g/mol. The van der Waals surface area contributed by atoms with Crippen molar-refractivity contribution in [2.45, 2.75) is 32.5 Å². The normalized spacial score (nSPS) is 15.2. The SMILES string of the molecule is CC(=O)NCc1ccc(C(=O)CCCN2CCN(c3cccc(C(F)(F)F)c3)CC2)s1. The number of Topliss-reactive ketones (excluding diaryl/α,β-unsaturated/α-hetero) is 1. The molecule has 168 valence electrons. The van der Waals surface area contributed by atoms with E-state index in [0.29, 0.717) is 36.6 Å². The second kappa shape index (κ2) is 10.3. The summed E-state index contributed by atoms with van der Waals surface area (Å²) in [5.74, 6) is -0.00360. The second-order valence-corrected chi connectivity index (χ2v) is 8.75. The molecule has 0 aliphatic carbocycles. The number of benzene rings is 1. The maximum Gasteiger partial charge on any atom is 0.416 e. The van der Waals surface area contributed by atoms with Crippen LogP contribution in [0.3, 0.4) is 0 Å². The quantitative estimate of drug-likeness (QED) is 0.609. The molecule has 1 saturated heterocycles. The molecule has 1 aliphatic heterocycles. The Morgan fingerprint density at radius 3 is 2.52 bits per heavy atom. The zero-order chi connectivity index (χ0) is 22.4. The largest absolute Gasteiger partial charge is 0.416 e. The first-order valence-corrected chi connectivity index (χ1v) is 11.0. The van der Waals surface area contributed by atoms with E-state index >= 15 is 0 Å². The lowest BCUT2D eigenvalue weighted by Crippen LogP contribution is -2.46. The third kappa shape index (κ3) is 6.80. The lowest BCUT2D eigenvalue weighted by atomic mass is 10.1. The Labute approximate surface area is 183 Å². The van der Waals surface area contributed by atoms with Crippen molar-refractivity contribution in [3.8, 4) is 0 Å². The number of carbonyl (C=O) groups excluding carboxylic acids is 2. The van der Waals surface area contributed by atoms with Crippen molar-refractivity contribution in [2.75, 3.05) is 37.6 Å². The van der Waals surface area contributed by atoms with Crippen LogP contribution in [0, 0.1) is 0 Å². The number of nitrogens with zero attached hydrogens (tertiary/aromatic N) is 2. The van der Waals surface area contributed by atoms with E-state index in [-0.39, 0.29) is 11.7 Å². The lowest BCUT2D eigenvalue weighted by Gasteiger charge is -2.36. The Hall–Kier alpha value is -2.39. The van der Waals surface area contributed by atoms with Gasteiger partial charge in [-0.1, -0.05) is 6.07 Å². The number of halogens is 3. The van der Waals surface area contributed by atoms with Gasteiger partial charge in [-0.3, -0.25) is 14.5 Å². The first-order valence-electron chi connectivity index (χ1n) is 10.2. The van der Waals surface area contributed by atoms with Gasteiger partial charge in [0.25, 0.3) is 0 Å². The van der Waals surface area contributed by atoms with Crippen molar-refractivity contribution >= 4 is 28.7 Å². The van der Waals surface area contributed by atoms with Crippen LogP contribution in [0.25, 0.3) is 0 Å². The maximum atomic E-state index is 12.9. The zero-order valence-electron chi connectivity index (χ0n) is 17.4. The Morgan fingerprint density at radius 1 is 1.10 bits per heavy atom. The Bertz CT molecular complexity index is 905. The van der Waals surface area contributed by atoms with Gasteiger partial charge in [0.1, 0.15) is 0 Å². The number of carbonyl (C=O) groups is 2. The molecular formula is C22H26F3N3O2S. The fourth-order valence-corrected chi connectivity index (χ4v) is 4.44. The molecule has 2 aromatic rings. The number of rotatable bonds is 8. The van der Waals surface area contributed by atoms with Crippen molar-refractivity contribution in [3.63, 3.8) is 0 Å². The standard InChI is InChI=1S/C22H26F3N3O2S/c1-16(29)26-15-19-7-8-21(31-19)20(30)6-3-9-27-10-12-28(13-11-27)18-5-2-4-17(14-18)22(23,24)25/h2,4-5,7-8,14H,3,6,9-13,15H2,1H3,(H,26,29). The minimum atomic E-state index is -4.34. The Morgan fingerprint density at radius 2 is 1.84 bits per heavy atom. The van der Waals surface area contributed by atoms with Gasteiger partial charge in [-0.25, -0.2) is 0 Å². The smallest absolute Gasteiger partial charge is 0.369 e. The van der Waals surface area contributed by atoms with E-state index in [1.165, 1.54) is 30.4 Å². The van der Waals surface area contributed by atoms with Crippen LogP contribution in [0.4, 0.5) is 18.9 Å². The van der Waals surface area contributed by atoms with Gasteiger partial charge in [-0.15, -0.1) is 11.3 Å². The predicted octanol–water partition coefficient (Wildman–Crippen LogP) is 4.19. The van der Waals surface area contributed by atoms with Crippen LogP contribution in [0.5, 0.6) is 0 Å². The van der Waals surface area contributed by atoms with E-state index in [2.05, 4.69) is 10.2 Å². The highest BCUT2D eigenvalue weighted by atomic mass is 32.1. The summed E-state index contributed by atoms with van der Waals surface area (Å²) in [6.07, 6.45) is -3.15. The number of amides is 1.